The van der Waals surface area contributed by atoms with Crippen molar-refractivity contribution >= 4 is 5.78 Å². The van der Waals surface area contributed by atoms with Crippen molar-refractivity contribution < 1.29 is 9.90 Å². The smallest absolute Gasteiger partial charge is 0.186 e. The summed E-state index contributed by atoms with van der Waals surface area (Å²) in [6.07, 6.45) is 3.36. The molecule has 0 spiro atoms. The lowest BCUT2D eigenvalue weighted by Gasteiger charge is -2.17. The molecule has 2 heteroatoms. The summed E-state index contributed by atoms with van der Waals surface area (Å²) in [5.41, 5.74) is -1.32. The van der Waals surface area contributed by atoms with Gasteiger partial charge in [0.1, 0.15) is 5.60 Å². The molecule has 0 rings (SSSR count). The number of rotatable bonds is 4. The molecule has 0 amide bonds. The van der Waals surface area contributed by atoms with E-state index >= 15 is 0 Å². The quantitative estimate of drug-likeness (QED) is 0.595. The minimum absolute atomic E-state index is 0.352. The Bertz CT molecular complexity index is 136. The Morgan fingerprint density at radius 1 is 1.80 bits per heavy atom. The van der Waals surface area contributed by atoms with Gasteiger partial charge in [-0.2, -0.15) is 0 Å². The molecule has 0 saturated carbocycles. The van der Waals surface area contributed by atoms with Crippen LogP contribution in [-0.4, -0.2) is 16.5 Å². The second-order valence-electron chi connectivity index (χ2n) is 2.33. The van der Waals surface area contributed by atoms with Gasteiger partial charge in [0, 0.05) is 6.42 Å². The number of hydrogen-bond acceptors (Lipinski definition) is 2. The van der Waals surface area contributed by atoms with Gasteiger partial charge in [-0.1, -0.05) is 13.5 Å². The molecule has 2 nitrogen and oxygen atoms in total. The van der Waals surface area contributed by atoms with Crippen LogP contribution in [0, 0.1) is 6.42 Å². The van der Waals surface area contributed by atoms with E-state index in [9.17, 15) is 9.90 Å². The summed E-state index contributed by atoms with van der Waals surface area (Å²) in [6, 6.07) is 0. The third-order valence-corrected chi connectivity index (χ3v) is 1.29. The van der Waals surface area contributed by atoms with E-state index in [-0.39, 0.29) is 5.78 Å². The fraction of sp³-hybridized carbons (Fsp3) is 0.500. The highest BCUT2D eigenvalue weighted by molar-refractivity contribution is 5.97. The summed E-state index contributed by atoms with van der Waals surface area (Å²) >= 11 is 0. The molecule has 1 radical (unpaired) electrons. The number of aliphatic hydroxyl groups is 1. The lowest BCUT2D eigenvalue weighted by molar-refractivity contribution is -0.127. The largest absolute Gasteiger partial charge is 0.382 e. The third-order valence-electron chi connectivity index (χ3n) is 1.29. The van der Waals surface area contributed by atoms with E-state index in [1.165, 1.54) is 6.92 Å². The first-order valence-electron chi connectivity index (χ1n) is 3.28. The van der Waals surface area contributed by atoms with E-state index < -0.39 is 5.60 Å². The van der Waals surface area contributed by atoms with Crippen molar-refractivity contribution in [2.45, 2.75) is 25.9 Å². The van der Waals surface area contributed by atoms with Crippen molar-refractivity contribution in [3.05, 3.63) is 19.1 Å². The van der Waals surface area contributed by atoms with Crippen LogP contribution in [-0.2, 0) is 4.79 Å². The lowest BCUT2D eigenvalue weighted by atomic mass is 9.95. The van der Waals surface area contributed by atoms with Crippen LogP contribution in [0.2, 0.25) is 0 Å². The number of ketones is 1. The fourth-order valence-corrected chi connectivity index (χ4v) is 0.705. The Labute approximate surface area is 61.6 Å². The van der Waals surface area contributed by atoms with Crippen LogP contribution in [0.15, 0.2) is 12.7 Å². The lowest BCUT2D eigenvalue weighted by Crippen LogP contribution is -2.33. The summed E-state index contributed by atoms with van der Waals surface area (Å²) in [4.78, 5) is 10.8. The van der Waals surface area contributed by atoms with Gasteiger partial charge < -0.3 is 5.11 Å². The summed E-state index contributed by atoms with van der Waals surface area (Å²) in [5.74, 6) is -0.352. The van der Waals surface area contributed by atoms with Gasteiger partial charge in [-0.05, 0) is 19.4 Å². The molecular formula is C8H13O2. The van der Waals surface area contributed by atoms with E-state index in [1.807, 2.05) is 6.92 Å². The highest BCUT2D eigenvalue weighted by Gasteiger charge is 2.26. The minimum Gasteiger partial charge on any atom is -0.382 e. The summed E-state index contributed by atoms with van der Waals surface area (Å²) in [6.45, 7) is 6.60. The van der Waals surface area contributed by atoms with E-state index in [1.54, 1.807) is 6.42 Å². The molecule has 0 aliphatic carbocycles. The van der Waals surface area contributed by atoms with Crippen molar-refractivity contribution in [1.82, 2.24) is 0 Å². The number of hydrogen-bond donors (Lipinski definition) is 1. The summed E-state index contributed by atoms with van der Waals surface area (Å²) < 4.78 is 0. The molecule has 0 aromatic carbocycles. The summed E-state index contributed by atoms with van der Waals surface area (Å²) in [7, 11) is 0. The zero-order valence-electron chi connectivity index (χ0n) is 6.42. The molecular weight excluding hydrogens is 128 g/mol. The van der Waals surface area contributed by atoms with Gasteiger partial charge in [-0.15, -0.1) is 0 Å². The van der Waals surface area contributed by atoms with Crippen LogP contribution in [0.1, 0.15) is 20.3 Å². The van der Waals surface area contributed by atoms with E-state index in [0.29, 0.717) is 6.42 Å². The highest BCUT2D eigenvalue weighted by Crippen LogP contribution is 2.11. The minimum atomic E-state index is -1.32. The molecule has 0 aromatic rings. The zero-order valence-corrected chi connectivity index (χ0v) is 6.42. The normalized spacial score (nSPS) is 15.9. The molecule has 0 saturated heterocycles. The molecule has 10 heavy (non-hydrogen) atoms. The zero-order chi connectivity index (χ0) is 8.20. The first-order chi connectivity index (χ1) is 4.54. The molecule has 1 N–H and O–H groups in total. The first kappa shape index (κ1) is 9.37. The van der Waals surface area contributed by atoms with Crippen molar-refractivity contribution in [2.75, 3.05) is 0 Å². The second kappa shape index (κ2) is 3.52. The Morgan fingerprint density at radius 2 is 2.30 bits per heavy atom. The third kappa shape index (κ3) is 2.31. The van der Waals surface area contributed by atoms with Gasteiger partial charge in [-0.25, -0.2) is 0 Å². The SMILES string of the molecule is C=CC(=O)C(C)(O)[CH]CC. The van der Waals surface area contributed by atoms with Gasteiger partial charge in [0.15, 0.2) is 5.78 Å². The molecule has 0 fully saturated rings. The Hall–Kier alpha value is -0.630. The van der Waals surface area contributed by atoms with Crippen LogP contribution in [0.25, 0.3) is 0 Å². The molecule has 0 aliphatic heterocycles. The highest BCUT2D eigenvalue weighted by atomic mass is 16.3. The first-order valence-corrected chi connectivity index (χ1v) is 3.28. The van der Waals surface area contributed by atoms with E-state index in [4.69, 9.17) is 0 Å². The Kier molecular flexibility index (Phi) is 3.30. The summed E-state index contributed by atoms with van der Waals surface area (Å²) in [5, 5.41) is 9.31. The molecule has 1 unspecified atom stereocenters. The van der Waals surface area contributed by atoms with Crippen molar-refractivity contribution in [2.24, 2.45) is 0 Å². The Balaban J connectivity index is 4.08. The van der Waals surface area contributed by atoms with Crippen LogP contribution >= 0.6 is 0 Å². The van der Waals surface area contributed by atoms with Crippen LogP contribution in [0.4, 0.5) is 0 Å². The van der Waals surface area contributed by atoms with Crippen LogP contribution in [0.5, 0.6) is 0 Å². The molecule has 0 aliphatic rings. The average molecular weight is 141 g/mol. The van der Waals surface area contributed by atoms with Gasteiger partial charge in [0.05, 0.1) is 0 Å². The Morgan fingerprint density at radius 3 is 2.60 bits per heavy atom. The topological polar surface area (TPSA) is 37.3 Å². The van der Waals surface area contributed by atoms with E-state index in [0.717, 1.165) is 6.08 Å². The van der Waals surface area contributed by atoms with Crippen LogP contribution < -0.4 is 0 Å². The number of carbonyl (C=O) groups excluding carboxylic acids is 1. The maximum absolute atomic E-state index is 10.8. The standard InChI is InChI=1S/C8H13O2/c1-4-6-8(3,10)7(9)5-2/h5-6,10H,2,4H2,1,3H3. The second-order valence-corrected chi connectivity index (χ2v) is 2.33. The monoisotopic (exact) mass is 141 g/mol. The van der Waals surface area contributed by atoms with Crippen molar-refractivity contribution in [3.63, 3.8) is 0 Å². The molecule has 0 bridgehead atoms. The maximum atomic E-state index is 10.8. The van der Waals surface area contributed by atoms with Gasteiger partial charge in [0.25, 0.3) is 0 Å². The fourth-order valence-electron chi connectivity index (χ4n) is 0.705. The maximum Gasteiger partial charge on any atom is 0.186 e. The predicted molar refractivity (Wildman–Crippen MR) is 40.4 cm³/mol. The van der Waals surface area contributed by atoms with Gasteiger partial charge in [-0.3, -0.25) is 4.79 Å². The predicted octanol–water partition coefficient (Wildman–Crippen LogP) is 1.11. The van der Waals surface area contributed by atoms with E-state index in [2.05, 4.69) is 6.58 Å². The van der Waals surface area contributed by atoms with Crippen molar-refractivity contribution in [1.29, 1.82) is 0 Å². The molecule has 0 heterocycles. The van der Waals surface area contributed by atoms with Crippen molar-refractivity contribution in [3.8, 4) is 0 Å². The molecule has 57 valence electrons. The van der Waals surface area contributed by atoms with Crippen LogP contribution in [0.3, 0.4) is 0 Å². The molecule has 0 aromatic heterocycles. The van der Waals surface area contributed by atoms with Gasteiger partial charge >= 0.3 is 0 Å². The van der Waals surface area contributed by atoms with Gasteiger partial charge in [0.2, 0.25) is 0 Å². The average Bonchev–Trinajstić information content (AvgIpc) is 1.86. The number of carbonyl (C=O) groups is 1. The molecule has 1 atom stereocenters.